The van der Waals surface area contributed by atoms with E-state index in [1.54, 1.807) is 6.20 Å². The molecule has 2 aromatic rings. The average molecular weight is 350 g/mol. The molecule has 112 valence electrons. The van der Waals surface area contributed by atoms with Crippen LogP contribution in [0.5, 0.6) is 11.5 Å². The smallest absolute Gasteiger partial charge is 0.165 e. The highest BCUT2D eigenvalue weighted by Crippen LogP contribution is 2.31. The summed E-state index contributed by atoms with van der Waals surface area (Å²) in [7, 11) is 0. The van der Waals surface area contributed by atoms with Gasteiger partial charge in [0.2, 0.25) is 0 Å². The van der Waals surface area contributed by atoms with Gasteiger partial charge in [-0.25, -0.2) is 0 Å². The molecule has 1 heterocycles. The molecule has 1 saturated carbocycles. The molecule has 1 aliphatic rings. The lowest BCUT2D eigenvalue weighted by Gasteiger charge is -2.09. The van der Waals surface area contributed by atoms with Gasteiger partial charge in [-0.3, -0.25) is 4.68 Å². The van der Waals surface area contributed by atoms with Crippen LogP contribution in [0.15, 0.2) is 35.1 Å². The van der Waals surface area contributed by atoms with Gasteiger partial charge in [0.25, 0.3) is 0 Å². The summed E-state index contributed by atoms with van der Waals surface area (Å²) in [5, 5.41) is 7.79. The Kier molecular flexibility index (Phi) is 4.31. The van der Waals surface area contributed by atoms with E-state index >= 15 is 0 Å². The summed E-state index contributed by atoms with van der Waals surface area (Å²) in [5.41, 5.74) is 1.26. The molecular formula is C16H20BrN3O. The van der Waals surface area contributed by atoms with Crippen molar-refractivity contribution in [3.05, 3.63) is 40.6 Å². The molecule has 0 saturated heterocycles. The van der Waals surface area contributed by atoms with E-state index in [2.05, 4.69) is 52.3 Å². The van der Waals surface area contributed by atoms with Crippen LogP contribution in [0, 0.1) is 0 Å². The van der Waals surface area contributed by atoms with E-state index in [0.29, 0.717) is 6.04 Å². The van der Waals surface area contributed by atoms with Gasteiger partial charge in [0.05, 0.1) is 16.9 Å². The van der Waals surface area contributed by atoms with Gasteiger partial charge >= 0.3 is 0 Å². The molecule has 0 amide bonds. The van der Waals surface area contributed by atoms with Gasteiger partial charge in [-0.05, 0) is 60.3 Å². The zero-order valence-corrected chi connectivity index (χ0v) is 13.9. The molecule has 0 atom stereocenters. The molecule has 1 aliphatic carbocycles. The predicted molar refractivity (Wildman–Crippen MR) is 86.7 cm³/mol. The number of hydrogen-bond acceptors (Lipinski definition) is 3. The summed E-state index contributed by atoms with van der Waals surface area (Å²) >= 11 is 3.58. The SMILES string of the molecule is CC(C)n1cc(Oc2ccc(CNC3CC3)cc2Br)cn1. The van der Waals surface area contributed by atoms with Crippen LogP contribution in [0.1, 0.15) is 38.3 Å². The Morgan fingerprint density at radius 1 is 1.43 bits per heavy atom. The van der Waals surface area contributed by atoms with Crippen molar-refractivity contribution in [3.63, 3.8) is 0 Å². The zero-order chi connectivity index (χ0) is 14.8. The molecule has 0 radical (unpaired) electrons. The molecule has 0 spiro atoms. The number of aromatic nitrogens is 2. The average Bonchev–Trinajstić information content (AvgIpc) is 3.16. The third kappa shape index (κ3) is 3.86. The van der Waals surface area contributed by atoms with Gasteiger partial charge in [-0.1, -0.05) is 6.07 Å². The van der Waals surface area contributed by atoms with E-state index < -0.39 is 0 Å². The third-order valence-corrected chi connectivity index (χ3v) is 4.12. The minimum Gasteiger partial charge on any atom is -0.453 e. The van der Waals surface area contributed by atoms with E-state index in [-0.39, 0.29) is 0 Å². The molecule has 4 nitrogen and oxygen atoms in total. The zero-order valence-electron chi connectivity index (χ0n) is 12.3. The van der Waals surface area contributed by atoms with Crippen LogP contribution in [0.4, 0.5) is 0 Å². The van der Waals surface area contributed by atoms with E-state index in [4.69, 9.17) is 4.74 Å². The number of benzene rings is 1. The van der Waals surface area contributed by atoms with Crippen molar-refractivity contribution in [2.75, 3.05) is 0 Å². The van der Waals surface area contributed by atoms with E-state index in [0.717, 1.165) is 28.6 Å². The largest absolute Gasteiger partial charge is 0.453 e. The Hall–Kier alpha value is -1.33. The van der Waals surface area contributed by atoms with Gasteiger partial charge in [0.15, 0.2) is 5.75 Å². The second kappa shape index (κ2) is 6.20. The normalized spacial score (nSPS) is 14.7. The van der Waals surface area contributed by atoms with Gasteiger partial charge in [-0.15, -0.1) is 0 Å². The minimum atomic E-state index is 0.335. The van der Waals surface area contributed by atoms with E-state index in [1.165, 1.54) is 18.4 Å². The second-order valence-corrected chi connectivity index (χ2v) is 6.63. The Morgan fingerprint density at radius 2 is 2.24 bits per heavy atom. The highest BCUT2D eigenvalue weighted by Gasteiger charge is 2.20. The second-order valence-electron chi connectivity index (χ2n) is 5.77. The molecule has 0 aliphatic heterocycles. The summed E-state index contributed by atoms with van der Waals surface area (Å²) in [4.78, 5) is 0. The summed E-state index contributed by atoms with van der Waals surface area (Å²) in [6.45, 7) is 5.09. The van der Waals surface area contributed by atoms with Crippen LogP contribution in [-0.4, -0.2) is 15.8 Å². The molecular weight excluding hydrogens is 330 g/mol. The van der Waals surface area contributed by atoms with Gasteiger partial charge in [-0.2, -0.15) is 5.10 Å². The number of nitrogens with zero attached hydrogens (tertiary/aromatic N) is 2. The molecule has 5 heteroatoms. The highest BCUT2D eigenvalue weighted by molar-refractivity contribution is 9.10. The van der Waals surface area contributed by atoms with Crippen molar-refractivity contribution < 1.29 is 4.74 Å². The lowest BCUT2D eigenvalue weighted by Crippen LogP contribution is -2.15. The van der Waals surface area contributed by atoms with Gasteiger partial charge in [0, 0.05) is 18.6 Å². The quantitative estimate of drug-likeness (QED) is 0.846. The molecule has 0 unspecified atom stereocenters. The van der Waals surface area contributed by atoms with E-state index in [9.17, 15) is 0 Å². The fraction of sp³-hybridized carbons (Fsp3) is 0.438. The number of halogens is 1. The minimum absolute atomic E-state index is 0.335. The molecule has 21 heavy (non-hydrogen) atoms. The van der Waals surface area contributed by atoms with E-state index in [1.807, 2.05) is 16.9 Å². The molecule has 1 fully saturated rings. The lowest BCUT2D eigenvalue weighted by atomic mass is 10.2. The van der Waals surface area contributed by atoms with Crippen molar-refractivity contribution >= 4 is 15.9 Å². The Balaban J connectivity index is 1.66. The fourth-order valence-corrected chi connectivity index (χ4v) is 2.58. The monoisotopic (exact) mass is 349 g/mol. The lowest BCUT2D eigenvalue weighted by molar-refractivity contribution is 0.474. The Bertz CT molecular complexity index is 620. The maximum Gasteiger partial charge on any atom is 0.165 e. The Morgan fingerprint density at radius 3 is 2.86 bits per heavy atom. The summed E-state index contributed by atoms with van der Waals surface area (Å²) in [6.07, 6.45) is 6.28. The van der Waals surface area contributed by atoms with Gasteiger partial charge < -0.3 is 10.1 Å². The fourth-order valence-electron chi connectivity index (χ4n) is 2.07. The molecule has 3 rings (SSSR count). The Labute approximate surface area is 133 Å². The number of nitrogens with one attached hydrogen (secondary N) is 1. The summed E-state index contributed by atoms with van der Waals surface area (Å²) < 4.78 is 8.74. The maximum atomic E-state index is 5.88. The number of rotatable bonds is 6. The van der Waals surface area contributed by atoms with Crippen LogP contribution < -0.4 is 10.1 Å². The molecule has 1 N–H and O–H groups in total. The first-order valence-electron chi connectivity index (χ1n) is 7.35. The maximum absolute atomic E-state index is 5.88. The van der Waals surface area contributed by atoms with Crippen molar-refractivity contribution in [2.45, 2.75) is 45.3 Å². The van der Waals surface area contributed by atoms with Crippen LogP contribution >= 0.6 is 15.9 Å². The summed E-state index contributed by atoms with van der Waals surface area (Å²) in [6, 6.07) is 7.27. The van der Waals surface area contributed by atoms with Crippen molar-refractivity contribution in [2.24, 2.45) is 0 Å². The number of hydrogen-bond donors (Lipinski definition) is 1. The summed E-state index contributed by atoms with van der Waals surface area (Å²) in [5.74, 6) is 1.57. The van der Waals surface area contributed by atoms with Gasteiger partial charge in [0.1, 0.15) is 5.75 Å². The van der Waals surface area contributed by atoms with Crippen LogP contribution in [0.3, 0.4) is 0 Å². The van der Waals surface area contributed by atoms with Crippen LogP contribution in [0.2, 0.25) is 0 Å². The van der Waals surface area contributed by atoms with Crippen LogP contribution in [0.25, 0.3) is 0 Å². The highest BCUT2D eigenvalue weighted by atomic mass is 79.9. The van der Waals surface area contributed by atoms with Crippen LogP contribution in [-0.2, 0) is 6.54 Å². The standard InChI is InChI=1S/C16H20BrN3O/c1-11(2)20-10-14(9-19-20)21-16-6-3-12(7-15(16)17)8-18-13-4-5-13/h3,6-7,9-11,13,18H,4-5,8H2,1-2H3. The van der Waals surface area contributed by atoms with Crippen molar-refractivity contribution in [3.8, 4) is 11.5 Å². The third-order valence-electron chi connectivity index (χ3n) is 3.50. The number of ether oxygens (including phenoxy) is 1. The molecule has 1 aromatic heterocycles. The first-order valence-corrected chi connectivity index (χ1v) is 8.15. The molecule has 0 bridgehead atoms. The van der Waals surface area contributed by atoms with Crippen molar-refractivity contribution in [1.29, 1.82) is 0 Å². The first kappa shape index (κ1) is 14.6. The molecule has 1 aromatic carbocycles. The van der Waals surface area contributed by atoms with Crippen molar-refractivity contribution in [1.82, 2.24) is 15.1 Å². The first-order chi connectivity index (χ1) is 10.1. The predicted octanol–water partition coefficient (Wildman–Crippen LogP) is 4.27. The topological polar surface area (TPSA) is 39.1 Å².